The Labute approximate surface area is 91.7 Å². The van der Waals surface area contributed by atoms with Crippen LogP contribution in [0.15, 0.2) is 30.7 Å². The van der Waals surface area contributed by atoms with Gasteiger partial charge >= 0.3 is 0 Å². The standard InChI is InChI=1S/C10H10N4O2/c1-16-9-3-2-8(6-11-9)14-10(15)7-4-12-13-5-7/h2-6H,1H3,(H,12,13)(H,14,15). The smallest absolute Gasteiger partial charge is 0.258 e. The summed E-state index contributed by atoms with van der Waals surface area (Å²) in [6.45, 7) is 0. The van der Waals surface area contributed by atoms with Crippen molar-refractivity contribution in [1.29, 1.82) is 0 Å². The molecule has 0 aliphatic rings. The molecule has 0 spiro atoms. The third-order valence-corrected chi connectivity index (χ3v) is 1.96. The number of ether oxygens (including phenoxy) is 1. The first-order valence-corrected chi connectivity index (χ1v) is 4.60. The van der Waals surface area contributed by atoms with Crippen molar-refractivity contribution >= 4 is 11.6 Å². The van der Waals surface area contributed by atoms with E-state index in [2.05, 4.69) is 20.5 Å². The molecule has 2 heterocycles. The van der Waals surface area contributed by atoms with Gasteiger partial charge in [0.15, 0.2) is 0 Å². The summed E-state index contributed by atoms with van der Waals surface area (Å²) in [5, 5.41) is 8.94. The number of methoxy groups -OCH3 is 1. The Morgan fingerprint density at radius 2 is 2.31 bits per heavy atom. The first kappa shape index (κ1) is 10.2. The predicted molar refractivity (Wildman–Crippen MR) is 57.3 cm³/mol. The fourth-order valence-electron chi connectivity index (χ4n) is 1.15. The van der Waals surface area contributed by atoms with E-state index in [1.807, 2.05) is 0 Å². The number of amides is 1. The Balaban J connectivity index is 2.06. The molecule has 2 aromatic heterocycles. The van der Waals surface area contributed by atoms with E-state index in [-0.39, 0.29) is 5.91 Å². The van der Waals surface area contributed by atoms with Crippen molar-refractivity contribution in [2.75, 3.05) is 12.4 Å². The molecule has 0 saturated heterocycles. The van der Waals surface area contributed by atoms with Crippen LogP contribution in [-0.2, 0) is 0 Å². The van der Waals surface area contributed by atoms with E-state index in [0.717, 1.165) is 0 Å². The molecule has 0 aliphatic heterocycles. The number of anilines is 1. The van der Waals surface area contributed by atoms with Crippen molar-refractivity contribution in [3.8, 4) is 5.88 Å². The van der Waals surface area contributed by atoms with Gasteiger partial charge in [0, 0.05) is 12.3 Å². The van der Waals surface area contributed by atoms with Crippen LogP contribution in [0.5, 0.6) is 5.88 Å². The normalized spacial score (nSPS) is 9.81. The highest BCUT2D eigenvalue weighted by molar-refractivity contribution is 6.03. The van der Waals surface area contributed by atoms with Gasteiger partial charge in [-0.15, -0.1) is 0 Å². The largest absolute Gasteiger partial charge is 0.481 e. The van der Waals surface area contributed by atoms with Crippen LogP contribution < -0.4 is 10.1 Å². The van der Waals surface area contributed by atoms with Crippen LogP contribution in [0.3, 0.4) is 0 Å². The first-order chi connectivity index (χ1) is 7.79. The average molecular weight is 218 g/mol. The second-order valence-corrected chi connectivity index (χ2v) is 3.03. The van der Waals surface area contributed by atoms with Crippen molar-refractivity contribution in [3.05, 3.63) is 36.3 Å². The Kier molecular flexibility index (Phi) is 2.81. The van der Waals surface area contributed by atoms with E-state index in [1.54, 1.807) is 12.1 Å². The number of aromatic amines is 1. The fraction of sp³-hybridized carbons (Fsp3) is 0.100. The Morgan fingerprint density at radius 3 is 2.88 bits per heavy atom. The van der Waals surface area contributed by atoms with Crippen LogP contribution in [0.1, 0.15) is 10.4 Å². The molecule has 2 aromatic rings. The van der Waals surface area contributed by atoms with Crippen molar-refractivity contribution in [2.45, 2.75) is 0 Å². The number of rotatable bonds is 3. The Bertz CT molecular complexity index is 464. The van der Waals surface area contributed by atoms with Crippen LogP contribution >= 0.6 is 0 Å². The highest BCUT2D eigenvalue weighted by Gasteiger charge is 2.06. The summed E-state index contributed by atoms with van der Waals surface area (Å²) in [5.74, 6) is 0.266. The zero-order valence-corrected chi connectivity index (χ0v) is 8.60. The van der Waals surface area contributed by atoms with E-state index < -0.39 is 0 Å². The van der Waals surface area contributed by atoms with Gasteiger partial charge in [0.25, 0.3) is 5.91 Å². The number of pyridine rings is 1. The molecule has 0 aromatic carbocycles. The Morgan fingerprint density at radius 1 is 1.44 bits per heavy atom. The molecule has 16 heavy (non-hydrogen) atoms. The second kappa shape index (κ2) is 4.43. The van der Waals surface area contributed by atoms with Crippen LogP contribution in [-0.4, -0.2) is 28.2 Å². The van der Waals surface area contributed by atoms with Gasteiger partial charge in [0.1, 0.15) is 0 Å². The molecular formula is C10H10N4O2. The maximum Gasteiger partial charge on any atom is 0.258 e. The van der Waals surface area contributed by atoms with Gasteiger partial charge in [-0.2, -0.15) is 5.10 Å². The lowest BCUT2D eigenvalue weighted by Gasteiger charge is -2.03. The van der Waals surface area contributed by atoms with E-state index >= 15 is 0 Å². The SMILES string of the molecule is COc1ccc(NC(=O)c2cn[nH]c2)cn1. The van der Waals surface area contributed by atoms with Gasteiger partial charge in [-0.05, 0) is 6.07 Å². The van der Waals surface area contributed by atoms with Gasteiger partial charge in [0.2, 0.25) is 5.88 Å². The highest BCUT2D eigenvalue weighted by atomic mass is 16.5. The molecule has 6 nitrogen and oxygen atoms in total. The quantitative estimate of drug-likeness (QED) is 0.807. The molecule has 0 bridgehead atoms. The van der Waals surface area contributed by atoms with Crippen LogP contribution in [0.4, 0.5) is 5.69 Å². The minimum atomic E-state index is -0.235. The number of H-pyrrole nitrogens is 1. The van der Waals surface area contributed by atoms with Crippen LogP contribution in [0, 0.1) is 0 Å². The van der Waals surface area contributed by atoms with Gasteiger partial charge in [-0.25, -0.2) is 4.98 Å². The fourth-order valence-corrected chi connectivity index (χ4v) is 1.15. The topological polar surface area (TPSA) is 79.9 Å². The number of carbonyl (C=O) groups excluding carboxylic acids is 1. The lowest BCUT2D eigenvalue weighted by Crippen LogP contribution is -2.11. The van der Waals surface area contributed by atoms with Crippen LogP contribution in [0.2, 0.25) is 0 Å². The van der Waals surface area contributed by atoms with Crippen molar-refractivity contribution in [1.82, 2.24) is 15.2 Å². The van der Waals surface area contributed by atoms with Gasteiger partial charge < -0.3 is 10.1 Å². The lowest BCUT2D eigenvalue weighted by molar-refractivity contribution is 0.102. The van der Waals surface area contributed by atoms with Crippen molar-refractivity contribution in [3.63, 3.8) is 0 Å². The number of nitrogens with zero attached hydrogens (tertiary/aromatic N) is 2. The summed E-state index contributed by atoms with van der Waals surface area (Å²) in [6.07, 6.45) is 4.50. The molecule has 0 aliphatic carbocycles. The van der Waals surface area contributed by atoms with Crippen molar-refractivity contribution < 1.29 is 9.53 Å². The zero-order chi connectivity index (χ0) is 11.4. The molecule has 0 atom stereocenters. The van der Waals surface area contributed by atoms with E-state index in [0.29, 0.717) is 17.1 Å². The summed E-state index contributed by atoms with van der Waals surface area (Å²) >= 11 is 0. The number of carbonyl (C=O) groups is 1. The second-order valence-electron chi connectivity index (χ2n) is 3.03. The highest BCUT2D eigenvalue weighted by Crippen LogP contribution is 2.11. The molecule has 2 N–H and O–H groups in total. The molecule has 82 valence electrons. The zero-order valence-electron chi connectivity index (χ0n) is 8.60. The maximum absolute atomic E-state index is 11.6. The van der Waals surface area contributed by atoms with E-state index in [1.165, 1.54) is 25.7 Å². The van der Waals surface area contributed by atoms with E-state index in [9.17, 15) is 4.79 Å². The maximum atomic E-state index is 11.6. The number of nitrogens with one attached hydrogen (secondary N) is 2. The third kappa shape index (κ3) is 2.17. The number of hydrogen-bond acceptors (Lipinski definition) is 4. The molecule has 0 unspecified atom stereocenters. The summed E-state index contributed by atoms with van der Waals surface area (Å²) in [7, 11) is 1.53. The van der Waals surface area contributed by atoms with Gasteiger partial charge in [0.05, 0.1) is 30.8 Å². The van der Waals surface area contributed by atoms with Gasteiger partial charge in [-0.3, -0.25) is 9.89 Å². The first-order valence-electron chi connectivity index (χ1n) is 4.60. The summed E-state index contributed by atoms with van der Waals surface area (Å²) < 4.78 is 4.91. The third-order valence-electron chi connectivity index (χ3n) is 1.96. The molecule has 1 amide bonds. The minimum absolute atomic E-state index is 0.235. The lowest BCUT2D eigenvalue weighted by atomic mass is 10.3. The molecule has 6 heteroatoms. The number of aromatic nitrogens is 3. The predicted octanol–water partition coefficient (Wildman–Crippen LogP) is 1.07. The molecule has 0 saturated carbocycles. The average Bonchev–Trinajstić information content (AvgIpc) is 2.83. The van der Waals surface area contributed by atoms with Crippen molar-refractivity contribution in [2.24, 2.45) is 0 Å². The summed E-state index contributed by atoms with van der Waals surface area (Å²) in [4.78, 5) is 15.6. The summed E-state index contributed by atoms with van der Waals surface area (Å²) in [6, 6.07) is 3.38. The van der Waals surface area contributed by atoms with E-state index in [4.69, 9.17) is 4.74 Å². The number of hydrogen-bond donors (Lipinski definition) is 2. The minimum Gasteiger partial charge on any atom is -0.481 e. The monoisotopic (exact) mass is 218 g/mol. The molecule has 2 rings (SSSR count). The molecular weight excluding hydrogens is 208 g/mol. The van der Waals surface area contributed by atoms with Gasteiger partial charge in [-0.1, -0.05) is 0 Å². The van der Waals surface area contributed by atoms with Crippen LogP contribution in [0.25, 0.3) is 0 Å². The summed E-state index contributed by atoms with van der Waals surface area (Å²) in [5.41, 5.74) is 1.07. The molecule has 0 fully saturated rings. The Hall–Kier alpha value is -2.37. The molecule has 0 radical (unpaired) electrons.